The number of ether oxygens (including phenoxy) is 3. The number of hydrogen-bond donors (Lipinski definition) is 2. The molecule has 6 heteroatoms. The molecule has 2 N–H and O–H groups in total. The van der Waals surface area contributed by atoms with Crippen molar-refractivity contribution in [3.05, 3.63) is 60.2 Å². The van der Waals surface area contributed by atoms with Gasteiger partial charge in [-0.3, -0.25) is 0 Å². The molecule has 0 fully saturated rings. The summed E-state index contributed by atoms with van der Waals surface area (Å²) in [5, 5.41) is 13.1. The monoisotopic (exact) mass is 359 g/mol. The zero-order chi connectivity index (χ0) is 19.0. The highest BCUT2D eigenvalue weighted by Gasteiger charge is 2.31. The minimum Gasteiger partial charge on any atom is -0.497 e. The SMILES string of the molecule is COc1ccc(O[C@H](C)[C@](C)(O)CNC(=O)OCc2ccccc2)cc1. The maximum absolute atomic E-state index is 11.8. The summed E-state index contributed by atoms with van der Waals surface area (Å²) in [7, 11) is 1.59. The van der Waals surface area contributed by atoms with Gasteiger partial charge in [0.15, 0.2) is 0 Å². The average molecular weight is 359 g/mol. The zero-order valence-corrected chi connectivity index (χ0v) is 15.3. The summed E-state index contributed by atoms with van der Waals surface area (Å²) in [6.07, 6.45) is -1.14. The Balaban J connectivity index is 1.79. The normalized spacial score (nSPS) is 14.0. The summed E-state index contributed by atoms with van der Waals surface area (Å²) < 4.78 is 16.0. The Kier molecular flexibility index (Phi) is 6.86. The number of aliphatic hydroxyl groups is 1. The van der Waals surface area contributed by atoms with E-state index >= 15 is 0 Å². The van der Waals surface area contributed by atoms with Crippen molar-refractivity contribution in [2.45, 2.75) is 32.2 Å². The van der Waals surface area contributed by atoms with Gasteiger partial charge in [0.05, 0.1) is 13.7 Å². The number of rotatable bonds is 8. The van der Waals surface area contributed by atoms with Crippen molar-refractivity contribution in [1.82, 2.24) is 5.32 Å². The van der Waals surface area contributed by atoms with Crippen LogP contribution in [0.4, 0.5) is 4.79 Å². The number of amides is 1. The summed E-state index contributed by atoms with van der Waals surface area (Å²) in [6.45, 7) is 3.50. The maximum atomic E-state index is 11.8. The Morgan fingerprint density at radius 3 is 2.35 bits per heavy atom. The smallest absolute Gasteiger partial charge is 0.407 e. The Labute approximate surface area is 153 Å². The van der Waals surface area contributed by atoms with Gasteiger partial charge in [0.2, 0.25) is 0 Å². The third-order valence-corrected chi connectivity index (χ3v) is 4.05. The van der Waals surface area contributed by atoms with Crippen molar-refractivity contribution in [3.63, 3.8) is 0 Å². The summed E-state index contributed by atoms with van der Waals surface area (Å²) >= 11 is 0. The first kappa shape index (κ1) is 19.6. The van der Waals surface area contributed by atoms with E-state index in [2.05, 4.69) is 5.32 Å². The molecule has 0 radical (unpaired) electrons. The van der Waals surface area contributed by atoms with Crippen molar-refractivity contribution in [2.24, 2.45) is 0 Å². The topological polar surface area (TPSA) is 77.0 Å². The fraction of sp³-hybridized carbons (Fsp3) is 0.350. The standard InChI is InChI=1S/C20H25NO5/c1-15(26-18-11-9-17(24-3)10-12-18)20(2,23)14-21-19(22)25-13-16-7-5-4-6-8-16/h4-12,15,23H,13-14H2,1-3H3,(H,21,22)/t15-,20-/m1/s1. The van der Waals surface area contributed by atoms with Gasteiger partial charge >= 0.3 is 6.09 Å². The van der Waals surface area contributed by atoms with Crippen molar-refractivity contribution in [2.75, 3.05) is 13.7 Å². The van der Waals surface area contributed by atoms with E-state index < -0.39 is 17.8 Å². The number of alkyl carbamates (subject to hydrolysis) is 1. The molecular weight excluding hydrogens is 334 g/mol. The molecule has 1 amide bonds. The maximum Gasteiger partial charge on any atom is 0.407 e. The third-order valence-electron chi connectivity index (χ3n) is 4.05. The number of methoxy groups -OCH3 is 1. The van der Waals surface area contributed by atoms with Gasteiger partial charge in [-0.15, -0.1) is 0 Å². The lowest BCUT2D eigenvalue weighted by molar-refractivity contribution is -0.0372. The van der Waals surface area contributed by atoms with Crippen LogP contribution in [0.3, 0.4) is 0 Å². The molecule has 0 aromatic heterocycles. The van der Waals surface area contributed by atoms with E-state index in [9.17, 15) is 9.90 Å². The molecule has 0 aliphatic heterocycles. The Hall–Kier alpha value is -2.73. The van der Waals surface area contributed by atoms with Gasteiger partial charge in [-0.25, -0.2) is 4.79 Å². The molecule has 2 aromatic carbocycles. The largest absolute Gasteiger partial charge is 0.497 e. The van der Waals surface area contributed by atoms with Crippen molar-refractivity contribution in [1.29, 1.82) is 0 Å². The molecule has 0 aliphatic carbocycles. The molecule has 0 bridgehead atoms. The molecule has 0 saturated heterocycles. The van der Waals surface area contributed by atoms with Gasteiger partial charge in [-0.1, -0.05) is 30.3 Å². The van der Waals surface area contributed by atoms with Gasteiger partial charge in [0.25, 0.3) is 0 Å². The van der Waals surface area contributed by atoms with Crippen LogP contribution >= 0.6 is 0 Å². The van der Waals surface area contributed by atoms with Crippen LogP contribution in [0.25, 0.3) is 0 Å². The first-order valence-electron chi connectivity index (χ1n) is 8.38. The molecule has 0 unspecified atom stereocenters. The van der Waals surface area contributed by atoms with E-state index in [1.807, 2.05) is 30.3 Å². The first-order valence-corrected chi connectivity index (χ1v) is 8.38. The van der Waals surface area contributed by atoms with E-state index in [0.717, 1.165) is 11.3 Å². The highest BCUT2D eigenvalue weighted by atomic mass is 16.5. The van der Waals surface area contributed by atoms with Gasteiger partial charge in [0.1, 0.15) is 29.8 Å². The molecule has 2 atom stereocenters. The number of hydrogen-bond acceptors (Lipinski definition) is 5. The lowest BCUT2D eigenvalue weighted by Gasteiger charge is -2.30. The third kappa shape index (κ3) is 5.97. The summed E-state index contributed by atoms with van der Waals surface area (Å²) in [5.74, 6) is 1.32. The second kappa shape index (κ2) is 9.10. The number of carbonyl (C=O) groups is 1. The Morgan fingerprint density at radius 1 is 1.12 bits per heavy atom. The molecule has 0 saturated carbocycles. The molecule has 140 valence electrons. The first-order chi connectivity index (χ1) is 12.4. The van der Waals surface area contributed by atoms with Crippen LogP contribution in [0.1, 0.15) is 19.4 Å². The van der Waals surface area contributed by atoms with E-state index in [1.165, 1.54) is 0 Å². The summed E-state index contributed by atoms with van der Waals surface area (Å²) in [5.41, 5.74) is -0.378. The van der Waals surface area contributed by atoms with Crippen molar-refractivity contribution >= 4 is 6.09 Å². The number of benzene rings is 2. The van der Waals surface area contributed by atoms with Crippen LogP contribution in [-0.2, 0) is 11.3 Å². The van der Waals surface area contributed by atoms with Gasteiger partial charge in [-0.05, 0) is 43.7 Å². The average Bonchev–Trinajstić information content (AvgIpc) is 2.66. The molecule has 2 rings (SSSR count). The lowest BCUT2D eigenvalue weighted by Crippen LogP contribution is -2.50. The molecule has 0 aliphatic rings. The molecule has 0 heterocycles. The molecule has 6 nitrogen and oxygen atoms in total. The molecular formula is C20H25NO5. The molecule has 2 aromatic rings. The van der Waals surface area contributed by atoms with Crippen molar-refractivity contribution in [3.8, 4) is 11.5 Å². The van der Waals surface area contributed by atoms with Crippen LogP contribution < -0.4 is 14.8 Å². The predicted molar refractivity (Wildman–Crippen MR) is 98.3 cm³/mol. The van der Waals surface area contributed by atoms with E-state index in [1.54, 1.807) is 45.2 Å². The van der Waals surface area contributed by atoms with Crippen LogP contribution in [-0.4, -0.2) is 36.6 Å². The Morgan fingerprint density at radius 2 is 1.73 bits per heavy atom. The van der Waals surface area contributed by atoms with E-state index in [0.29, 0.717) is 5.75 Å². The lowest BCUT2D eigenvalue weighted by atomic mass is 10.0. The van der Waals surface area contributed by atoms with Crippen LogP contribution in [0, 0.1) is 0 Å². The number of carbonyl (C=O) groups excluding carboxylic acids is 1. The van der Waals surface area contributed by atoms with Crippen LogP contribution in [0.15, 0.2) is 54.6 Å². The quantitative estimate of drug-likeness (QED) is 0.757. The van der Waals surface area contributed by atoms with Crippen LogP contribution in [0.5, 0.6) is 11.5 Å². The second-order valence-corrected chi connectivity index (χ2v) is 6.21. The molecule has 0 spiro atoms. The van der Waals surface area contributed by atoms with Gasteiger partial charge in [0, 0.05) is 0 Å². The minimum absolute atomic E-state index is 0.00204. The van der Waals surface area contributed by atoms with E-state index in [4.69, 9.17) is 14.2 Å². The summed E-state index contributed by atoms with van der Waals surface area (Å²) in [6, 6.07) is 16.4. The Bertz CT molecular complexity index is 685. The zero-order valence-electron chi connectivity index (χ0n) is 15.3. The van der Waals surface area contributed by atoms with Gasteiger partial charge < -0.3 is 24.6 Å². The predicted octanol–water partition coefficient (Wildman–Crippen LogP) is 3.14. The second-order valence-electron chi connectivity index (χ2n) is 6.21. The fourth-order valence-corrected chi connectivity index (χ4v) is 2.15. The number of nitrogens with one attached hydrogen (secondary N) is 1. The summed E-state index contributed by atoms with van der Waals surface area (Å²) in [4.78, 5) is 11.8. The molecule has 26 heavy (non-hydrogen) atoms. The fourth-order valence-electron chi connectivity index (χ4n) is 2.15. The highest BCUT2D eigenvalue weighted by molar-refractivity contribution is 5.67. The van der Waals surface area contributed by atoms with Crippen LogP contribution in [0.2, 0.25) is 0 Å². The van der Waals surface area contributed by atoms with E-state index in [-0.39, 0.29) is 13.2 Å². The minimum atomic E-state index is -1.27. The highest BCUT2D eigenvalue weighted by Crippen LogP contribution is 2.21. The van der Waals surface area contributed by atoms with Crippen molar-refractivity contribution < 1.29 is 24.1 Å². The van der Waals surface area contributed by atoms with Gasteiger partial charge in [-0.2, -0.15) is 0 Å².